The number of benzene rings is 1. The van der Waals surface area contributed by atoms with Gasteiger partial charge in [-0.2, -0.15) is 5.10 Å². The molecule has 1 aliphatic heterocycles. The lowest BCUT2D eigenvalue weighted by Gasteiger charge is -2.25. The molecule has 1 saturated heterocycles. The van der Waals surface area contributed by atoms with E-state index in [1.54, 1.807) is 7.11 Å². The fourth-order valence-corrected chi connectivity index (χ4v) is 3.73. The summed E-state index contributed by atoms with van der Waals surface area (Å²) >= 11 is 0. The highest BCUT2D eigenvalue weighted by atomic mass is 16.5. The van der Waals surface area contributed by atoms with Gasteiger partial charge in [-0.15, -0.1) is 0 Å². The van der Waals surface area contributed by atoms with Crippen LogP contribution in [0.3, 0.4) is 0 Å². The number of likely N-dealkylation sites (tertiary alicyclic amines) is 1. The lowest BCUT2D eigenvalue weighted by Crippen LogP contribution is -2.27. The molecule has 134 valence electrons. The van der Waals surface area contributed by atoms with E-state index in [1.807, 2.05) is 12.1 Å². The molecule has 0 unspecified atom stereocenters. The van der Waals surface area contributed by atoms with E-state index in [4.69, 9.17) is 14.8 Å². The van der Waals surface area contributed by atoms with Crippen molar-refractivity contribution in [1.29, 1.82) is 0 Å². The molecule has 2 heterocycles. The third-order valence-electron chi connectivity index (χ3n) is 5.47. The second-order valence-corrected chi connectivity index (χ2v) is 7.45. The molecular weight excluding hydrogens is 312 g/mol. The molecule has 2 fully saturated rings. The van der Waals surface area contributed by atoms with Gasteiger partial charge in [-0.1, -0.05) is 25.0 Å². The third kappa shape index (κ3) is 3.71. The number of rotatable bonds is 5. The molecular formula is C20H28N4O. The molecule has 1 aromatic carbocycles. The van der Waals surface area contributed by atoms with E-state index in [9.17, 15) is 0 Å². The zero-order valence-corrected chi connectivity index (χ0v) is 15.3. The van der Waals surface area contributed by atoms with Gasteiger partial charge in [0.05, 0.1) is 19.7 Å². The van der Waals surface area contributed by atoms with Crippen molar-refractivity contribution in [3.63, 3.8) is 0 Å². The van der Waals surface area contributed by atoms with Crippen molar-refractivity contribution < 1.29 is 4.74 Å². The van der Waals surface area contributed by atoms with Gasteiger partial charge in [-0.05, 0) is 57.0 Å². The molecule has 4 rings (SSSR count). The minimum Gasteiger partial charge on any atom is -0.497 e. The third-order valence-corrected chi connectivity index (χ3v) is 5.47. The van der Waals surface area contributed by atoms with Crippen LogP contribution in [-0.4, -0.2) is 40.4 Å². The molecule has 1 aliphatic carbocycles. The first kappa shape index (κ1) is 16.6. The SMILES string of the molecule is COc1ccc(Cn2nc(C3CC3)nc2[C@H]2CCCCCN2C)cc1. The van der Waals surface area contributed by atoms with E-state index in [0.29, 0.717) is 12.0 Å². The lowest BCUT2D eigenvalue weighted by molar-refractivity contribution is 0.234. The molecule has 0 spiro atoms. The summed E-state index contributed by atoms with van der Waals surface area (Å²) in [5.74, 6) is 3.69. The molecule has 0 N–H and O–H groups in total. The Hall–Kier alpha value is -1.88. The van der Waals surface area contributed by atoms with Gasteiger partial charge in [-0.25, -0.2) is 9.67 Å². The van der Waals surface area contributed by atoms with E-state index < -0.39 is 0 Å². The van der Waals surface area contributed by atoms with Crippen LogP contribution < -0.4 is 4.74 Å². The van der Waals surface area contributed by atoms with E-state index in [2.05, 4.69) is 28.8 Å². The summed E-state index contributed by atoms with van der Waals surface area (Å²) in [6, 6.07) is 8.67. The Morgan fingerprint density at radius 2 is 1.88 bits per heavy atom. The summed E-state index contributed by atoms with van der Waals surface area (Å²) in [5.41, 5.74) is 1.24. The summed E-state index contributed by atoms with van der Waals surface area (Å²) in [5, 5.41) is 4.90. The summed E-state index contributed by atoms with van der Waals surface area (Å²) in [6.07, 6.45) is 7.56. The van der Waals surface area contributed by atoms with Crippen LogP contribution in [0.4, 0.5) is 0 Å². The fourth-order valence-electron chi connectivity index (χ4n) is 3.73. The molecule has 0 radical (unpaired) electrons. The van der Waals surface area contributed by atoms with Gasteiger partial charge in [0.1, 0.15) is 11.6 Å². The first-order valence-electron chi connectivity index (χ1n) is 9.52. The molecule has 25 heavy (non-hydrogen) atoms. The second-order valence-electron chi connectivity index (χ2n) is 7.45. The standard InChI is InChI=1S/C20H28N4O/c1-23-13-5-3-4-6-18(23)20-21-19(16-9-10-16)22-24(20)14-15-7-11-17(25-2)12-8-15/h7-8,11-12,16,18H,3-6,9-10,13-14H2,1-2H3/t18-/m1/s1. The molecule has 1 saturated carbocycles. The summed E-state index contributed by atoms with van der Waals surface area (Å²) in [7, 11) is 3.94. The van der Waals surface area contributed by atoms with Crippen LogP contribution in [0.15, 0.2) is 24.3 Å². The number of hydrogen-bond acceptors (Lipinski definition) is 4. The number of aromatic nitrogens is 3. The molecule has 2 aromatic rings. The second kappa shape index (κ2) is 7.16. The van der Waals surface area contributed by atoms with E-state index in [0.717, 1.165) is 30.5 Å². The first-order valence-corrected chi connectivity index (χ1v) is 9.52. The van der Waals surface area contributed by atoms with Crippen LogP contribution in [0.25, 0.3) is 0 Å². The highest BCUT2D eigenvalue weighted by Crippen LogP contribution is 2.39. The van der Waals surface area contributed by atoms with Crippen molar-refractivity contribution in [2.45, 2.75) is 57.0 Å². The topological polar surface area (TPSA) is 43.2 Å². The Balaban J connectivity index is 1.62. The van der Waals surface area contributed by atoms with Crippen molar-refractivity contribution in [3.05, 3.63) is 41.5 Å². The zero-order chi connectivity index (χ0) is 17.2. The monoisotopic (exact) mass is 340 g/mol. The van der Waals surface area contributed by atoms with Crippen LogP contribution in [-0.2, 0) is 6.54 Å². The molecule has 5 heteroatoms. The maximum absolute atomic E-state index is 5.27. The molecule has 1 aromatic heterocycles. The predicted octanol–water partition coefficient (Wildman–Crippen LogP) is 3.76. The van der Waals surface area contributed by atoms with Gasteiger partial charge in [0.15, 0.2) is 5.82 Å². The minimum absolute atomic E-state index is 0.390. The Bertz CT molecular complexity index is 705. The van der Waals surface area contributed by atoms with Gasteiger partial charge < -0.3 is 4.74 Å². The summed E-state index contributed by atoms with van der Waals surface area (Å²) < 4.78 is 7.42. The van der Waals surface area contributed by atoms with Gasteiger partial charge in [0.2, 0.25) is 0 Å². The van der Waals surface area contributed by atoms with Gasteiger partial charge in [0.25, 0.3) is 0 Å². The van der Waals surface area contributed by atoms with Crippen LogP contribution in [0.5, 0.6) is 5.75 Å². The van der Waals surface area contributed by atoms with Gasteiger partial charge >= 0.3 is 0 Å². The number of nitrogens with zero attached hydrogens (tertiary/aromatic N) is 4. The maximum Gasteiger partial charge on any atom is 0.154 e. The molecule has 0 bridgehead atoms. The average molecular weight is 340 g/mol. The van der Waals surface area contributed by atoms with E-state index in [-0.39, 0.29) is 0 Å². The molecule has 1 atom stereocenters. The van der Waals surface area contributed by atoms with Crippen molar-refractivity contribution >= 4 is 0 Å². The average Bonchev–Trinajstić information content (AvgIpc) is 3.43. The number of methoxy groups -OCH3 is 1. The molecule has 0 amide bonds. The van der Waals surface area contributed by atoms with Crippen LogP contribution >= 0.6 is 0 Å². The normalized spacial score (nSPS) is 21.9. The van der Waals surface area contributed by atoms with Gasteiger partial charge in [0, 0.05) is 5.92 Å². The minimum atomic E-state index is 0.390. The van der Waals surface area contributed by atoms with Crippen LogP contribution in [0.1, 0.15) is 67.7 Å². The quantitative estimate of drug-likeness (QED) is 0.831. The lowest BCUT2D eigenvalue weighted by atomic mass is 10.1. The van der Waals surface area contributed by atoms with E-state index >= 15 is 0 Å². The van der Waals surface area contributed by atoms with Crippen LogP contribution in [0.2, 0.25) is 0 Å². The number of ether oxygens (including phenoxy) is 1. The Morgan fingerprint density at radius 1 is 1.08 bits per heavy atom. The summed E-state index contributed by atoms with van der Waals surface area (Å²) in [4.78, 5) is 7.47. The van der Waals surface area contributed by atoms with Gasteiger partial charge in [-0.3, -0.25) is 4.90 Å². The first-order chi connectivity index (χ1) is 12.2. The molecule has 2 aliphatic rings. The van der Waals surface area contributed by atoms with Crippen molar-refractivity contribution in [1.82, 2.24) is 19.7 Å². The van der Waals surface area contributed by atoms with Crippen LogP contribution in [0, 0.1) is 0 Å². The van der Waals surface area contributed by atoms with E-state index in [1.165, 1.54) is 44.1 Å². The van der Waals surface area contributed by atoms with Crippen molar-refractivity contribution in [2.75, 3.05) is 20.7 Å². The van der Waals surface area contributed by atoms with Crippen molar-refractivity contribution in [3.8, 4) is 5.75 Å². The Labute approximate surface area is 150 Å². The summed E-state index contributed by atoms with van der Waals surface area (Å²) in [6.45, 7) is 1.93. The van der Waals surface area contributed by atoms with Crippen molar-refractivity contribution in [2.24, 2.45) is 0 Å². The Morgan fingerprint density at radius 3 is 2.60 bits per heavy atom. The molecule has 5 nitrogen and oxygen atoms in total. The highest BCUT2D eigenvalue weighted by molar-refractivity contribution is 5.27. The predicted molar refractivity (Wildman–Crippen MR) is 97.9 cm³/mol. The Kier molecular flexibility index (Phi) is 4.75. The zero-order valence-electron chi connectivity index (χ0n) is 15.3. The smallest absolute Gasteiger partial charge is 0.154 e. The number of hydrogen-bond donors (Lipinski definition) is 0. The highest BCUT2D eigenvalue weighted by Gasteiger charge is 2.32. The largest absolute Gasteiger partial charge is 0.497 e. The maximum atomic E-state index is 5.27. The fraction of sp³-hybridized carbons (Fsp3) is 0.600.